The van der Waals surface area contributed by atoms with Crippen molar-refractivity contribution in [2.45, 2.75) is 42.5 Å². The fourth-order valence-electron chi connectivity index (χ4n) is 3.45. The van der Waals surface area contributed by atoms with E-state index in [-0.39, 0.29) is 0 Å². The Balaban J connectivity index is 1.29. The Morgan fingerprint density at radius 2 is 1.90 bits per heavy atom. The summed E-state index contributed by atoms with van der Waals surface area (Å²) >= 11 is 1.98. The van der Waals surface area contributed by atoms with Crippen molar-refractivity contribution >= 4 is 17.7 Å². The van der Waals surface area contributed by atoms with E-state index in [0.29, 0.717) is 4.75 Å². The number of hydrogen-bond donors (Lipinski definition) is 2. The minimum Gasteiger partial charge on any atom is -0.355 e. The molecule has 2 N–H and O–H groups in total. The van der Waals surface area contributed by atoms with E-state index in [1.807, 2.05) is 38.1 Å². The van der Waals surface area contributed by atoms with Gasteiger partial charge in [0.05, 0.1) is 0 Å². The van der Waals surface area contributed by atoms with E-state index in [1.54, 1.807) is 0 Å². The smallest absolute Gasteiger partial charge is 0.191 e. The molecule has 1 fully saturated rings. The van der Waals surface area contributed by atoms with Crippen molar-refractivity contribution in [2.75, 3.05) is 13.6 Å². The third kappa shape index (κ3) is 5.45. The molecule has 5 nitrogen and oxygen atoms in total. The number of hydrogen-bond acceptors (Lipinski definition) is 3. The lowest BCUT2D eigenvalue weighted by atomic mass is 10.1. The van der Waals surface area contributed by atoms with Crippen LogP contribution in [0.1, 0.15) is 29.8 Å². The van der Waals surface area contributed by atoms with Crippen molar-refractivity contribution in [1.29, 1.82) is 0 Å². The lowest BCUT2D eigenvalue weighted by Gasteiger charge is -2.18. The summed E-state index contributed by atoms with van der Waals surface area (Å²) in [5.74, 6) is 1.89. The molecule has 30 heavy (non-hydrogen) atoms. The van der Waals surface area contributed by atoms with E-state index in [9.17, 15) is 0 Å². The first-order chi connectivity index (χ1) is 14.7. The highest BCUT2D eigenvalue weighted by Crippen LogP contribution is 2.51. The van der Waals surface area contributed by atoms with Crippen LogP contribution in [-0.2, 0) is 13.1 Å². The largest absolute Gasteiger partial charge is 0.355 e. The quantitative estimate of drug-likeness (QED) is 0.424. The number of benzene rings is 2. The Hall–Kier alpha value is -2.73. The maximum Gasteiger partial charge on any atom is 0.191 e. The van der Waals surface area contributed by atoms with Crippen LogP contribution in [0.5, 0.6) is 0 Å². The van der Waals surface area contributed by atoms with Gasteiger partial charge in [-0.3, -0.25) is 4.99 Å². The number of guanidine groups is 1. The van der Waals surface area contributed by atoms with Crippen LogP contribution in [0.4, 0.5) is 0 Å². The molecule has 0 radical (unpaired) electrons. The van der Waals surface area contributed by atoms with Gasteiger partial charge in [-0.25, -0.2) is 4.98 Å². The fourth-order valence-corrected chi connectivity index (χ4v) is 4.69. The Bertz CT molecular complexity index is 992. The van der Waals surface area contributed by atoms with E-state index >= 15 is 0 Å². The zero-order chi connectivity index (χ0) is 20.8. The minimum absolute atomic E-state index is 0.293. The molecule has 1 aliphatic carbocycles. The molecule has 0 saturated heterocycles. The van der Waals surface area contributed by atoms with E-state index in [2.05, 4.69) is 79.8 Å². The molecule has 0 aliphatic heterocycles. The second-order valence-electron chi connectivity index (χ2n) is 7.80. The van der Waals surface area contributed by atoms with Crippen molar-refractivity contribution in [3.05, 3.63) is 83.9 Å². The predicted octanol–water partition coefficient (Wildman–Crippen LogP) is 4.23. The first-order valence-corrected chi connectivity index (χ1v) is 11.2. The van der Waals surface area contributed by atoms with Crippen LogP contribution in [0, 0.1) is 6.92 Å². The Labute approximate surface area is 183 Å². The molecule has 0 spiro atoms. The second-order valence-corrected chi connectivity index (χ2v) is 9.34. The highest BCUT2D eigenvalue weighted by atomic mass is 32.2. The van der Waals surface area contributed by atoms with Gasteiger partial charge in [-0.05, 0) is 43.0 Å². The molecule has 0 bridgehead atoms. The van der Waals surface area contributed by atoms with Crippen LogP contribution in [0.25, 0.3) is 0 Å². The molecule has 2 aromatic carbocycles. The number of nitrogens with zero attached hydrogens (tertiary/aromatic N) is 3. The summed E-state index contributed by atoms with van der Waals surface area (Å²) in [7, 11) is 1.83. The molecular weight excluding hydrogens is 390 g/mol. The number of nitrogens with one attached hydrogen (secondary N) is 2. The van der Waals surface area contributed by atoms with Crippen molar-refractivity contribution < 1.29 is 0 Å². The van der Waals surface area contributed by atoms with Gasteiger partial charge in [0.2, 0.25) is 0 Å². The van der Waals surface area contributed by atoms with Crippen molar-refractivity contribution in [1.82, 2.24) is 20.2 Å². The minimum atomic E-state index is 0.293. The average molecular weight is 420 g/mol. The normalized spacial score (nSPS) is 15.1. The molecule has 156 valence electrons. The molecule has 1 heterocycles. The van der Waals surface area contributed by atoms with E-state index in [1.165, 1.54) is 28.9 Å². The van der Waals surface area contributed by atoms with Crippen LogP contribution in [-0.4, -0.2) is 33.9 Å². The molecule has 1 aliphatic rings. The number of aliphatic imine (C=N–C) groups is 1. The lowest BCUT2D eigenvalue weighted by molar-refractivity contribution is 0.754. The topological polar surface area (TPSA) is 54.2 Å². The summed E-state index contributed by atoms with van der Waals surface area (Å²) < 4.78 is 2.45. The number of thioether (sulfide) groups is 1. The van der Waals surface area contributed by atoms with Gasteiger partial charge in [-0.15, -0.1) is 11.8 Å². The molecule has 1 aromatic heterocycles. The van der Waals surface area contributed by atoms with Gasteiger partial charge in [-0.2, -0.15) is 0 Å². The Morgan fingerprint density at radius 3 is 2.60 bits per heavy atom. The lowest BCUT2D eigenvalue weighted by Crippen LogP contribution is -2.40. The van der Waals surface area contributed by atoms with Crippen LogP contribution in [0.3, 0.4) is 0 Å². The standard InChI is InChI=1S/C24H29N5S/c1-19-26-13-14-29(19)17-21-8-6-7-20(15-21)16-27-23(25-2)28-18-24(11-12-24)30-22-9-4-3-5-10-22/h3-10,13-15H,11-12,16-18H2,1-2H3,(H2,25,27,28). The molecular formula is C24H29N5S. The number of aryl methyl sites for hydroxylation is 1. The van der Waals surface area contributed by atoms with Crippen LogP contribution < -0.4 is 10.6 Å². The summed E-state index contributed by atoms with van der Waals surface area (Å²) in [4.78, 5) is 10.0. The number of rotatable bonds is 8. The molecule has 0 amide bonds. The van der Waals surface area contributed by atoms with Gasteiger partial charge < -0.3 is 15.2 Å². The first kappa shape index (κ1) is 20.5. The van der Waals surface area contributed by atoms with Crippen molar-refractivity contribution in [3.8, 4) is 0 Å². The van der Waals surface area contributed by atoms with Gasteiger partial charge in [-0.1, -0.05) is 42.5 Å². The average Bonchev–Trinajstić information content (AvgIpc) is 3.42. The molecule has 4 rings (SSSR count). The molecule has 3 aromatic rings. The van der Waals surface area contributed by atoms with Crippen molar-refractivity contribution in [2.24, 2.45) is 4.99 Å². The van der Waals surface area contributed by atoms with Gasteiger partial charge in [0.1, 0.15) is 5.82 Å². The highest BCUT2D eigenvalue weighted by Gasteiger charge is 2.43. The van der Waals surface area contributed by atoms with Gasteiger partial charge >= 0.3 is 0 Å². The summed E-state index contributed by atoms with van der Waals surface area (Å²) in [6, 6.07) is 19.3. The molecule has 0 atom stereocenters. The summed E-state index contributed by atoms with van der Waals surface area (Å²) in [5, 5.41) is 6.98. The van der Waals surface area contributed by atoms with Gasteiger partial charge in [0, 0.05) is 48.7 Å². The Morgan fingerprint density at radius 1 is 1.10 bits per heavy atom. The van der Waals surface area contributed by atoms with E-state index < -0.39 is 0 Å². The molecule has 0 unspecified atom stereocenters. The zero-order valence-corrected chi connectivity index (χ0v) is 18.5. The van der Waals surface area contributed by atoms with Gasteiger partial charge in [0.25, 0.3) is 0 Å². The third-order valence-corrected chi connectivity index (χ3v) is 6.91. The Kier molecular flexibility index (Phi) is 6.43. The summed E-state index contributed by atoms with van der Waals surface area (Å²) in [6.07, 6.45) is 6.35. The van der Waals surface area contributed by atoms with E-state index in [4.69, 9.17) is 0 Å². The SMILES string of the molecule is CN=C(NCc1cccc(Cn2ccnc2C)c1)NCC1(Sc2ccccc2)CC1. The molecule has 6 heteroatoms. The third-order valence-electron chi connectivity index (χ3n) is 5.41. The van der Waals surface area contributed by atoms with Crippen LogP contribution >= 0.6 is 11.8 Å². The van der Waals surface area contributed by atoms with E-state index in [0.717, 1.165) is 31.4 Å². The highest BCUT2D eigenvalue weighted by molar-refractivity contribution is 8.01. The fraction of sp³-hybridized carbons (Fsp3) is 0.333. The van der Waals surface area contributed by atoms with Crippen molar-refractivity contribution in [3.63, 3.8) is 0 Å². The molecule has 1 saturated carbocycles. The maximum atomic E-state index is 4.41. The number of imidazole rings is 1. The maximum absolute atomic E-state index is 4.41. The predicted molar refractivity (Wildman–Crippen MR) is 125 cm³/mol. The van der Waals surface area contributed by atoms with Crippen LogP contribution in [0.15, 0.2) is 76.9 Å². The van der Waals surface area contributed by atoms with Gasteiger partial charge in [0.15, 0.2) is 5.96 Å². The monoisotopic (exact) mass is 419 g/mol. The zero-order valence-electron chi connectivity index (χ0n) is 17.6. The number of aromatic nitrogens is 2. The van der Waals surface area contributed by atoms with Crippen LogP contribution in [0.2, 0.25) is 0 Å². The summed E-state index contributed by atoms with van der Waals surface area (Å²) in [6.45, 7) is 4.54. The first-order valence-electron chi connectivity index (χ1n) is 10.4. The second kappa shape index (κ2) is 9.39. The summed E-state index contributed by atoms with van der Waals surface area (Å²) in [5.41, 5.74) is 2.52.